The third-order valence-corrected chi connectivity index (χ3v) is 7.85. The molecule has 47 heavy (non-hydrogen) atoms. The number of carbonyl (C=O) groups excluding carboxylic acids is 3. The summed E-state index contributed by atoms with van der Waals surface area (Å²) >= 11 is 0. The molecule has 3 rings (SSSR count). The molecular formula is C34H42FNO11. The van der Waals surface area contributed by atoms with Crippen molar-refractivity contribution < 1.29 is 57.5 Å². The van der Waals surface area contributed by atoms with E-state index in [0.29, 0.717) is 42.7 Å². The highest BCUT2D eigenvalue weighted by atomic mass is 19.1. The minimum Gasteiger partial charge on any atom is -0.493 e. The van der Waals surface area contributed by atoms with E-state index < -0.39 is 59.9 Å². The summed E-state index contributed by atoms with van der Waals surface area (Å²) in [5.74, 6) is -3.43. The van der Waals surface area contributed by atoms with Crippen LogP contribution in [-0.2, 0) is 35.1 Å². The van der Waals surface area contributed by atoms with E-state index in [2.05, 4.69) is 6.58 Å². The maximum absolute atomic E-state index is 14.5. The lowest BCUT2D eigenvalue weighted by molar-refractivity contribution is -0.169. The van der Waals surface area contributed by atoms with Gasteiger partial charge in [-0.2, -0.15) is 0 Å². The minimum absolute atomic E-state index is 0.223. The predicted octanol–water partition coefficient (Wildman–Crippen LogP) is 4.02. The topological polar surface area (TPSA) is 158 Å². The van der Waals surface area contributed by atoms with E-state index in [4.69, 9.17) is 28.8 Å². The smallest absolute Gasteiger partial charge is 0.341 e. The second-order valence-corrected chi connectivity index (χ2v) is 11.7. The van der Waals surface area contributed by atoms with Crippen LogP contribution < -0.4 is 14.2 Å². The van der Waals surface area contributed by atoms with Crippen molar-refractivity contribution in [2.75, 3.05) is 34.0 Å². The molecule has 2 N–H and O–H groups in total. The van der Waals surface area contributed by atoms with Crippen molar-refractivity contribution in [1.82, 2.24) is 4.90 Å². The summed E-state index contributed by atoms with van der Waals surface area (Å²) in [7, 11) is 3.02. The average Bonchev–Trinajstić information content (AvgIpc) is 3.07. The highest BCUT2D eigenvalue weighted by Crippen LogP contribution is 2.33. The maximum atomic E-state index is 14.5. The van der Waals surface area contributed by atoms with Crippen LogP contribution in [0.5, 0.6) is 17.2 Å². The lowest BCUT2D eigenvalue weighted by Gasteiger charge is -2.39. The number of aryl methyl sites for hydroxylation is 1. The fraction of sp³-hybridized carbons (Fsp3) is 0.471. The standard InChI is InChI=1S/C34H42FNO11/c1-6-30(39)46-20-34(2,3)31(40)32(41)36-16-8-7-9-24(36)33(42)47-25(14-10-21-11-15-26(43-4)28(17-21)44-5)22-12-13-23(35)27(18-22)45-19-29(37)38/h6,11-13,15,17-18,24-25,32,41H,1,7-10,14,16,19-20H2,2-5H3,(H,37,38)/t24-,25+,32?/m0/s1. The zero-order valence-electron chi connectivity index (χ0n) is 27.0. The molecule has 12 nitrogen and oxygen atoms in total. The lowest BCUT2D eigenvalue weighted by atomic mass is 9.86. The molecule has 0 amide bonds. The van der Waals surface area contributed by atoms with Crippen LogP contribution in [-0.4, -0.2) is 85.1 Å². The van der Waals surface area contributed by atoms with Crippen LogP contribution >= 0.6 is 0 Å². The molecule has 0 saturated carbocycles. The third kappa shape index (κ3) is 10.00. The van der Waals surface area contributed by atoms with E-state index in [1.54, 1.807) is 12.1 Å². The Morgan fingerprint density at radius 3 is 2.45 bits per heavy atom. The number of methoxy groups -OCH3 is 2. The van der Waals surface area contributed by atoms with Gasteiger partial charge >= 0.3 is 17.9 Å². The van der Waals surface area contributed by atoms with Crippen molar-refractivity contribution in [3.05, 3.63) is 66.0 Å². The van der Waals surface area contributed by atoms with Gasteiger partial charge in [0.15, 0.2) is 41.7 Å². The molecule has 0 radical (unpaired) electrons. The molecule has 1 unspecified atom stereocenters. The number of esters is 2. The van der Waals surface area contributed by atoms with E-state index in [9.17, 15) is 28.7 Å². The fourth-order valence-electron chi connectivity index (χ4n) is 5.20. The Morgan fingerprint density at radius 2 is 1.79 bits per heavy atom. The number of Topliss-reactive ketones (excluding diaryl/α,β-unsaturated/α-hetero) is 1. The summed E-state index contributed by atoms with van der Waals surface area (Å²) in [5.41, 5.74) is -0.0931. The number of hydrogen-bond acceptors (Lipinski definition) is 11. The van der Waals surface area contributed by atoms with Crippen LogP contribution in [0.1, 0.15) is 56.8 Å². The zero-order chi connectivity index (χ0) is 34.7. The van der Waals surface area contributed by atoms with Crippen LogP contribution in [0, 0.1) is 11.2 Å². The number of aliphatic carboxylic acids is 1. The van der Waals surface area contributed by atoms with Crippen molar-refractivity contribution in [3.8, 4) is 17.2 Å². The minimum atomic E-state index is -1.68. The number of aliphatic hydroxyl groups is 1. The SMILES string of the molecule is C=CC(=O)OCC(C)(C)C(=O)C(O)N1CCCC[C@H]1C(=O)O[C@H](CCc1ccc(OC)c(OC)c1)c1ccc(F)c(OCC(=O)O)c1. The van der Waals surface area contributed by atoms with Crippen LogP contribution in [0.2, 0.25) is 0 Å². The van der Waals surface area contributed by atoms with Gasteiger partial charge in [-0.25, -0.2) is 14.0 Å². The van der Waals surface area contributed by atoms with Crippen LogP contribution in [0.25, 0.3) is 0 Å². The summed E-state index contributed by atoms with van der Waals surface area (Å²) in [5, 5.41) is 20.2. The first-order valence-electron chi connectivity index (χ1n) is 15.1. The Labute approximate surface area is 273 Å². The molecule has 0 bridgehead atoms. The van der Waals surface area contributed by atoms with Gasteiger partial charge in [-0.15, -0.1) is 0 Å². The second kappa shape index (κ2) is 16.9. The highest BCUT2D eigenvalue weighted by molar-refractivity contribution is 5.89. The third-order valence-electron chi connectivity index (χ3n) is 7.85. The quantitative estimate of drug-likeness (QED) is 0.186. The number of carboxylic acids is 1. The molecule has 1 saturated heterocycles. The molecule has 3 atom stereocenters. The van der Waals surface area contributed by atoms with Crippen molar-refractivity contribution in [2.24, 2.45) is 5.41 Å². The predicted molar refractivity (Wildman–Crippen MR) is 167 cm³/mol. The van der Waals surface area contributed by atoms with Crippen LogP contribution in [0.3, 0.4) is 0 Å². The fourth-order valence-corrected chi connectivity index (χ4v) is 5.20. The van der Waals surface area contributed by atoms with Crippen molar-refractivity contribution in [1.29, 1.82) is 0 Å². The normalized spacial score (nSPS) is 16.3. The number of ketones is 1. The number of benzene rings is 2. The van der Waals surface area contributed by atoms with Gasteiger partial charge < -0.3 is 33.9 Å². The molecule has 256 valence electrons. The van der Waals surface area contributed by atoms with Gasteiger partial charge in [-0.3, -0.25) is 14.5 Å². The summed E-state index contributed by atoms with van der Waals surface area (Å²) in [6, 6.07) is 8.16. The van der Waals surface area contributed by atoms with Crippen LogP contribution in [0.15, 0.2) is 49.1 Å². The Bertz CT molecular complexity index is 1440. The molecule has 0 aromatic heterocycles. The number of aliphatic hydroxyl groups excluding tert-OH is 1. The van der Waals surface area contributed by atoms with E-state index in [0.717, 1.165) is 17.7 Å². The molecule has 13 heteroatoms. The van der Waals surface area contributed by atoms with E-state index in [1.165, 1.54) is 45.1 Å². The molecule has 0 aliphatic carbocycles. The Hall–Kier alpha value is -4.49. The summed E-state index contributed by atoms with van der Waals surface area (Å²) in [6.07, 6.45) is 0.496. The van der Waals surface area contributed by atoms with Gasteiger partial charge in [0.1, 0.15) is 18.8 Å². The first kappa shape index (κ1) is 37.0. The molecule has 1 heterocycles. The van der Waals surface area contributed by atoms with Crippen LogP contribution in [0.4, 0.5) is 4.39 Å². The van der Waals surface area contributed by atoms with Gasteiger partial charge in [-0.05, 0) is 74.9 Å². The van der Waals surface area contributed by atoms with Crippen molar-refractivity contribution in [2.45, 2.75) is 64.3 Å². The number of nitrogens with zero attached hydrogens (tertiary/aromatic N) is 1. The largest absolute Gasteiger partial charge is 0.493 e. The highest BCUT2D eigenvalue weighted by Gasteiger charge is 2.43. The zero-order valence-corrected chi connectivity index (χ0v) is 27.0. The molecule has 1 aliphatic heterocycles. The first-order valence-corrected chi connectivity index (χ1v) is 15.1. The number of halogens is 1. The number of hydrogen-bond donors (Lipinski definition) is 2. The molecule has 0 spiro atoms. The monoisotopic (exact) mass is 659 g/mol. The van der Waals surface area contributed by atoms with Gasteiger partial charge in [0.05, 0.1) is 19.6 Å². The number of rotatable bonds is 17. The maximum Gasteiger partial charge on any atom is 0.341 e. The summed E-state index contributed by atoms with van der Waals surface area (Å²) in [4.78, 5) is 51.1. The van der Waals surface area contributed by atoms with E-state index >= 15 is 0 Å². The Balaban J connectivity index is 1.88. The van der Waals surface area contributed by atoms with Gasteiger partial charge in [0, 0.05) is 12.6 Å². The van der Waals surface area contributed by atoms with Gasteiger partial charge in [-0.1, -0.05) is 25.1 Å². The number of piperidine rings is 1. The Morgan fingerprint density at radius 1 is 1.06 bits per heavy atom. The van der Waals surface area contributed by atoms with Crippen molar-refractivity contribution >= 4 is 23.7 Å². The second-order valence-electron chi connectivity index (χ2n) is 11.7. The van der Waals surface area contributed by atoms with Gasteiger partial charge in [0.2, 0.25) is 0 Å². The van der Waals surface area contributed by atoms with Crippen molar-refractivity contribution in [3.63, 3.8) is 0 Å². The van der Waals surface area contributed by atoms with E-state index in [1.807, 2.05) is 6.07 Å². The molecule has 2 aromatic carbocycles. The summed E-state index contributed by atoms with van der Waals surface area (Å²) in [6.45, 7) is 5.53. The molecule has 1 aliphatic rings. The Kier molecular flexibility index (Phi) is 13.3. The molecule has 1 fully saturated rings. The molecule has 2 aromatic rings. The van der Waals surface area contributed by atoms with E-state index in [-0.39, 0.29) is 25.3 Å². The number of carbonyl (C=O) groups is 4. The first-order chi connectivity index (χ1) is 22.3. The number of ether oxygens (including phenoxy) is 5. The van der Waals surface area contributed by atoms with Gasteiger partial charge in [0.25, 0.3) is 0 Å². The molecular weight excluding hydrogens is 617 g/mol. The number of likely N-dealkylation sites (tertiary alicyclic amines) is 1. The lowest BCUT2D eigenvalue weighted by Crippen LogP contribution is -2.56. The summed E-state index contributed by atoms with van der Waals surface area (Å²) < 4.78 is 41.4. The average molecular weight is 660 g/mol. The number of carboxylic acid groups (broad SMARTS) is 1.